The molecule has 84 valence electrons. The highest BCUT2D eigenvalue weighted by atomic mass is 16.5. The molecule has 4 nitrogen and oxygen atoms in total. The molecule has 16 heavy (non-hydrogen) atoms. The van der Waals surface area contributed by atoms with Crippen molar-refractivity contribution in [1.29, 1.82) is 0 Å². The summed E-state index contributed by atoms with van der Waals surface area (Å²) < 4.78 is 4.87. The van der Waals surface area contributed by atoms with Gasteiger partial charge in [0.05, 0.1) is 7.11 Å². The molecule has 0 saturated heterocycles. The van der Waals surface area contributed by atoms with Gasteiger partial charge in [-0.1, -0.05) is 36.1 Å². The van der Waals surface area contributed by atoms with E-state index in [-0.39, 0.29) is 11.5 Å². The molecule has 0 heterocycles. The van der Waals surface area contributed by atoms with Crippen molar-refractivity contribution >= 4 is 12.0 Å². The summed E-state index contributed by atoms with van der Waals surface area (Å²) in [6.07, 6.45) is 5.68. The Balaban J connectivity index is 2.78. The molecule has 0 saturated carbocycles. The minimum absolute atomic E-state index is 0.180. The lowest BCUT2D eigenvalue weighted by Gasteiger charge is -2.11. The van der Waals surface area contributed by atoms with Crippen LogP contribution in [0.5, 0.6) is 11.5 Å². The Bertz CT molecular complexity index is 433. The molecule has 0 atom stereocenters. The third-order valence-electron chi connectivity index (χ3n) is 1.83. The van der Waals surface area contributed by atoms with Crippen LogP contribution >= 0.6 is 0 Å². The molecule has 1 aromatic carbocycles. The van der Waals surface area contributed by atoms with Gasteiger partial charge in [-0.05, 0) is 11.6 Å². The van der Waals surface area contributed by atoms with Gasteiger partial charge in [0.15, 0.2) is 0 Å². The van der Waals surface area contributed by atoms with E-state index in [1.54, 1.807) is 24.3 Å². The zero-order valence-corrected chi connectivity index (χ0v) is 8.71. The predicted octanol–water partition coefficient (Wildman–Crippen LogP) is 1.42. The number of rotatable bonds is 4. The Hall–Kier alpha value is -2.23. The summed E-state index contributed by atoms with van der Waals surface area (Å²) in [5.41, 5.74) is 0.770. The molecule has 0 fully saturated rings. The number of hydrogen-bond acceptors (Lipinski definition) is 3. The van der Waals surface area contributed by atoms with Crippen molar-refractivity contribution in [1.82, 2.24) is 0 Å². The van der Waals surface area contributed by atoms with Crippen LogP contribution in [0.15, 0.2) is 36.4 Å². The summed E-state index contributed by atoms with van der Waals surface area (Å²) in [5, 5.41) is 19.5. The van der Waals surface area contributed by atoms with Crippen molar-refractivity contribution in [3.05, 3.63) is 42.0 Å². The molecule has 0 aromatic heterocycles. The van der Waals surface area contributed by atoms with Gasteiger partial charge in [0.2, 0.25) is 0 Å². The van der Waals surface area contributed by atoms with Crippen molar-refractivity contribution in [2.75, 3.05) is 7.11 Å². The Labute approximate surface area is 93.1 Å². The van der Waals surface area contributed by atoms with E-state index in [0.29, 0.717) is 0 Å². The summed E-state index contributed by atoms with van der Waals surface area (Å²) >= 11 is 0. The zero-order valence-electron chi connectivity index (χ0n) is 8.71. The van der Waals surface area contributed by atoms with Crippen molar-refractivity contribution in [3.8, 4) is 11.5 Å². The highest BCUT2D eigenvalue weighted by molar-refractivity contribution is 5.80. The van der Waals surface area contributed by atoms with E-state index in [1.807, 2.05) is 0 Å². The van der Waals surface area contributed by atoms with Crippen LogP contribution in [0.4, 0.5) is 0 Å². The summed E-state index contributed by atoms with van der Waals surface area (Å²) in [6, 6.07) is 4.63. The molecule has 0 radical (unpaired) electrons. The van der Waals surface area contributed by atoms with Crippen LogP contribution in [0.3, 0.4) is 0 Å². The van der Waals surface area contributed by atoms with Crippen molar-refractivity contribution in [2.45, 2.75) is 0 Å². The fourth-order valence-electron chi connectivity index (χ4n) is 1.09. The summed E-state index contributed by atoms with van der Waals surface area (Å²) in [6.45, 7) is 0. The Kier molecular flexibility index (Phi) is 4.15. The van der Waals surface area contributed by atoms with Crippen LogP contribution in [-0.2, 0) is 4.79 Å². The lowest BCUT2D eigenvalue weighted by molar-refractivity contribution is -0.270. The first-order chi connectivity index (χ1) is 7.63. The van der Waals surface area contributed by atoms with Gasteiger partial charge in [-0.3, -0.25) is 0 Å². The minimum atomic E-state index is -1.00. The molecule has 4 heteroatoms. The fraction of sp³-hybridized carbons (Fsp3) is 0.0833. The van der Waals surface area contributed by atoms with E-state index in [4.69, 9.17) is 9.84 Å². The van der Waals surface area contributed by atoms with Crippen LogP contribution in [0.1, 0.15) is 5.56 Å². The number of carbonyl (C=O) groups is 1. The van der Waals surface area contributed by atoms with Gasteiger partial charge in [-0.15, -0.1) is 0 Å². The second-order valence-electron chi connectivity index (χ2n) is 2.97. The first-order valence-electron chi connectivity index (χ1n) is 4.56. The Morgan fingerprint density at radius 2 is 2.19 bits per heavy atom. The zero-order chi connectivity index (χ0) is 12.0. The predicted molar refractivity (Wildman–Crippen MR) is 58.2 cm³/mol. The Morgan fingerprint density at radius 1 is 1.44 bits per heavy atom. The number of allylic oxidation sites excluding steroid dienone is 2. The maximum atomic E-state index is 11.2. The lowest BCUT2D eigenvalue weighted by atomic mass is 10.2. The fourth-order valence-corrected chi connectivity index (χ4v) is 1.09. The van der Waals surface area contributed by atoms with E-state index in [0.717, 1.165) is 11.6 Å². The molecular weight excluding hydrogens is 208 g/mol. The number of carboxylic acid groups (broad SMARTS) is 1. The van der Waals surface area contributed by atoms with Crippen LogP contribution in [0.2, 0.25) is 0 Å². The monoisotopic (exact) mass is 219 g/mol. The molecule has 0 aliphatic rings. The lowest BCUT2D eigenvalue weighted by Crippen LogP contribution is -1.94. The summed E-state index contributed by atoms with van der Waals surface area (Å²) in [4.78, 5) is 10.2. The normalized spacial score (nSPS) is 11.1. The average molecular weight is 219 g/mol. The van der Waals surface area contributed by atoms with E-state index in [1.165, 1.54) is 19.3 Å². The third-order valence-corrected chi connectivity index (χ3v) is 1.83. The molecule has 1 N–H and O–H groups in total. The standard InChI is InChI=1S/C12H12O4/c1-16-11-8-9(6-7-10(11)13)4-2-3-5-12(14)15/h2-8,13H,1H3,(H,14,15)/p-1/b4-2+,5-3+. The van der Waals surface area contributed by atoms with E-state index in [2.05, 4.69) is 0 Å². The van der Waals surface area contributed by atoms with Crippen LogP contribution < -0.4 is 9.84 Å². The van der Waals surface area contributed by atoms with Gasteiger partial charge in [0, 0.05) is 6.08 Å². The molecule has 1 aromatic rings. The van der Waals surface area contributed by atoms with Gasteiger partial charge in [-0.2, -0.15) is 0 Å². The third kappa shape index (κ3) is 3.49. The second-order valence-corrected chi connectivity index (χ2v) is 2.97. The SMILES string of the molecule is COc1cc(/C=C/C=C/C(=O)O)ccc1[O-]. The number of aliphatic carboxylic acids is 1. The number of carboxylic acids is 1. The molecule has 0 unspecified atom stereocenters. The number of ether oxygens (including phenoxy) is 1. The number of hydrogen-bond donors (Lipinski definition) is 1. The summed E-state index contributed by atoms with van der Waals surface area (Å²) in [5.74, 6) is -0.915. The first kappa shape index (κ1) is 11.8. The second kappa shape index (κ2) is 5.60. The molecule has 1 rings (SSSR count). The quantitative estimate of drug-likeness (QED) is 0.614. The maximum Gasteiger partial charge on any atom is 0.328 e. The van der Waals surface area contributed by atoms with Crippen LogP contribution in [0, 0.1) is 0 Å². The first-order valence-corrected chi connectivity index (χ1v) is 4.56. The van der Waals surface area contributed by atoms with E-state index < -0.39 is 5.97 Å². The smallest absolute Gasteiger partial charge is 0.328 e. The van der Waals surface area contributed by atoms with Crippen molar-refractivity contribution in [3.63, 3.8) is 0 Å². The molecule has 0 aliphatic carbocycles. The van der Waals surface area contributed by atoms with Crippen molar-refractivity contribution < 1.29 is 19.7 Å². The topological polar surface area (TPSA) is 69.6 Å². The van der Waals surface area contributed by atoms with E-state index in [9.17, 15) is 9.90 Å². The highest BCUT2D eigenvalue weighted by Gasteiger charge is 1.93. The van der Waals surface area contributed by atoms with Gasteiger partial charge in [0.25, 0.3) is 0 Å². The van der Waals surface area contributed by atoms with Gasteiger partial charge >= 0.3 is 5.97 Å². The van der Waals surface area contributed by atoms with E-state index >= 15 is 0 Å². The maximum absolute atomic E-state index is 11.2. The number of methoxy groups -OCH3 is 1. The summed E-state index contributed by atoms with van der Waals surface area (Å²) in [7, 11) is 1.43. The van der Waals surface area contributed by atoms with Crippen LogP contribution in [-0.4, -0.2) is 18.2 Å². The molecule has 0 aliphatic heterocycles. The van der Waals surface area contributed by atoms with Gasteiger partial charge in [0.1, 0.15) is 5.75 Å². The minimum Gasteiger partial charge on any atom is -0.870 e. The number of benzene rings is 1. The molecule has 0 spiro atoms. The average Bonchev–Trinajstić information content (AvgIpc) is 2.26. The molecular formula is C12H11O4-. The largest absolute Gasteiger partial charge is 0.870 e. The molecule has 0 amide bonds. The highest BCUT2D eigenvalue weighted by Crippen LogP contribution is 2.24. The van der Waals surface area contributed by atoms with Gasteiger partial charge < -0.3 is 14.9 Å². The van der Waals surface area contributed by atoms with Crippen molar-refractivity contribution in [2.24, 2.45) is 0 Å². The van der Waals surface area contributed by atoms with Gasteiger partial charge in [-0.25, -0.2) is 4.79 Å². The Morgan fingerprint density at radius 3 is 2.81 bits per heavy atom. The van der Waals surface area contributed by atoms with Crippen LogP contribution in [0.25, 0.3) is 6.08 Å². The molecule has 0 bridgehead atoms.